The summed E-state index contributed by atoms with van der Waals surface area (Å²) in [6.45, 7) is 4.00. The Morgan fingerprint density at radius 2 is 1.67 bits per heavy atom. The van der Waals surface area contributed by atoms with Crippen LogP contribution < -0.4 is 15.6 Å². The fourth-order valence-electron chi connectivity index (χ4n) is 2.76. The molecule has 0 radical (unpaired) electrons. The highest BCUT2D eigenvalue weighted by Gasteiger charge is 2.37. The Kier molecular flexibility index (Phi) is 4.71. The van der Waals surface area contributed by atoms with Crippen LogP contribution in [0.4, 0.5) is 5.69 Å². The first-order chi connectivity index (χ1) is 12.9. The first-order valence-electron chi connectivity index (χ1n) is 8.23. The van der Waals surface area contributed by atoms with Gasteiger partial charge in [0.15, 0.2) is 11.4 Å². The Labute approximate surface area is 155 Å². The summed E-state index contributed by atoms with van der Waals surface area (Å²) in [6, 6.07) is 10.7. The van der Waals surface area contributed by atoms with Gasteiger partial charge in [0.1, 0.15) is 5.82 Å². The molecule has 3 aromatic rings. The molecule has 3 heterocycles. The Morgan fingerprint density at radius 1 is 1.00 bits per heavy atom. The van der Waals surface area contributed by atoms with E-state index in [1.807, 2.05) is 13.8 Å². The molecule has 0 fully saturated rings. The van der Waals surface area contributed by atoms with Crippen LogP contribution in [0.5, 0.6) is 0 Å². The van der Waals surface area contributed by atoms with Gasteiger partial charge in [0, 0.05) is 18.8 Å². The molecule has 8 nitrogen and oxygen atoms in total. The summed E-state index contributed by atoms with van der Waals surface area (Å²) in [5, 5.41) is 0. The second kappa shape index (κ2) is 6.84. The molecule has 0 bridgehead atoms. The summed E-state index contributed by atoms with van der Waals surface area (Å²) < 4.78 is 32.2. The highest BCUT2D eigenvalue weighted by molar-refractivity contribution is 7.93. The van der Waals surface area contributed by atoms with E-state index >= 15 is 0 Å². The maximum absolute atomic E-state index is 12.9. The lowest BCUT2D eigenvalue weighted by Crippen LogP contribution is -2.41. The van der Waals surface area contributed by atoms with Gasteiger partial charge in [0.2, 0.25) is 0 Å². The van der Waals surface area contributed by atoms with Crippen molar-refractivity contribution >= 4 is 15.7 Å². The zero-order chi connectivity index (χ0) is 19.8. The number of aromatic nitrogens is 2. The number of hydrogen-bond donors (Lipinski definition) is 0. The number of fused-ring (bicyclic) bond motifs is 3. The fraction of sp³-hybridized carbons (Fsp3) is 0.167. The molecule has 140 valence electrons. The largest absolute Gasteiger partial charge is 0.428 e. The van der Waals surface area contributed by atoms with Crippen molar-refractivity contribution in [1.82, 2.24) is 9.55 Å². The van der Waals surface area contributed by atoms with Crippen molar-refractivity contribution < 1.29 is 12.8 Å². The van der Waals surface area contributed by atoms with Crippen LogP contribution in [-0.4, -0.2) is 25.0 Å². The third-order valence-electron chi connectivity index (χ3n) is 3.96. The summed E-state index contributed by atoms with van der Waals surface area (Å²) in [7, 11) is -2.69. The van der Waals surface area contributed by atoms with E-state index < -0.39 is 21.3 Å². The predicted molar refractivity (Wildman–Crippen MR) is 101 cm³/mol. The quantitative estimate of drug-likeness (QED) is 0.633. The average molecular weight is 387 g/mol. The second-order valence-corrected chi connectivity index (χ2v) is 7.28. The first-order valence-corrected chi connectivity index (χ1v) is 9.67. The zero-order valence-electron chi connectivity index (χ0n) is 14.9. The fourth-order valence-corrected chi connectivity index (χ4v) is 4.14. The Hall–Kier alpha value is -3.20. The minimum atomic E-state index is -3.93. The number of rotatable bonds is 1. The van der Waals surface area contributed by atoms with Crippen molar-refractivity contribution in [2.24, 2.45) is 0 Å². The summed E-state index contributed by atoms with van der Waals surface area (Å²) in [4.78, 5) is 29.2. The van der Waals surface area contributed by atoms with E-state index in [-0.39, 0.29) is 27.7 Å². The van der Waals surface area contributed by atoms with Crippen LogP contribution in [0.15, 0.2) is 67.6 Å². The molecule has 27 heavy (non-hydrogen) atoms. The number of hydrogen-bond acceptors (Lipinski definition) is 6. The molecule has 1 aliphatic heterocycles. The van der Waals surface area contributed by atoms with E-state index in [0.29, 0.717) is 4.57 Å². The van der Waals surface area contributed by atoms with Gasteiger partial charge in [-0.15, -0.1) is 0 Å². The van der Waals surface area contributed by atoms with Crippen LogP contribution in [0.3, 0.4) is 0 Å². The molecule has 0 N–H and O–H groups in total. The van der Waals surface area contributed by atoms with Crippen molar-refractivity contribution in [2.45, 2.75) is 18.7 Å². The van der Waals surface area contributed by atoms with Gasteiger partial charge in [-0.3, -0.25) is 9.10 Å². The van der Waals surface area contributed by atoms with Gasteiger partial charge >= 0.3 is 5.76 Å². The third-order valence-corrected chi connectivity index (χ3v) is 5.77. The molecule has 0 saturated carbocycles. The van der Waals surface area contributed by atoms with E-state index in [4.69, 9.17) is 4.42 Å². The van der Waals surface area contributed by atoms with Gasteiger partial charge in [-0.2, -0.15) is 4.57 Å². The molecule has 1 aromatic carbocycles. The molecule has 0 saturated heterocycles. The molecule has 9 heteroatoms. The summed E-state index contributed by atoms with van der Waals surface area (Å²) in [6.07, 6.45) is 1.41. The normalized spacial score (nSPS) is 13.8. The average Bonchev–Trinajstić information content (AvgIpc) is 2.68. The van der Waals surface area contributed by atoms with Crippen LogP contribution in [0.25, 0.3) is 17.1 Å². The summed E-state index contributed by atoms with van der Waals surface area (Å²) >= 11 is 0. The van der Waals surface area contributed by atoms with Gasteiger partial charge < -0.3 is 4.42 Å². The Bertz CT molecular complexity index is 1210. The number of benzene rings is 1. The minimum Gasteiger partial charge on any atom is -0.406 e. The molecule has 0 spiro atoms. The van der Waals surface area contributed by atoms with Gasteiger partial charge in [-0.1, -0.05) is 32.0 Å². The molecular weight excluding hydrogens is 370 g/mol. The first kappa shape index (κ1) is 18.6. The maximum Gasteiger partial charge on any atom is 0.428 e. The third kappa shape index (κ3) is 2.76. The monoisotopic (exact) mass is 387 g/mol. The van der Waals surface area contributed by atoms with Crippen LogP contribution in [-0.2, 0) is 10.0 Å². The van der Waals surface area contributed by atoms with Gasteiger partial charge in [0.05, 0.1) is 4.90 Å². The summed E-state index contributed by atoms with van der Waals surface area (Å²) in [5.74, 6) is -0.964. The maximum atomic E-state index is 12.9. The van der Waals surface area contributed by atoms with Crippen LogP contribution in [0.1, 0.15) is 13.8 Å². The SMILES string of the molecule is CC.CN1c2c(oc(=O)n(-c3ccccn3)c2=O)-c2ccccc2S1(=O)=O. The van der Waals surface area contributed by atoms with E-state index in [1.54, 1.807) is 24.3 Å². The highest BCUT2D eigenvalue weighted by atomic mass is 32.2. The number of pyridine rings is 1. The van der Waals surface area contributed by atoms with Crippen LogP contribution in [0.2, 0.25) is 0 Å². The molecule has 0 aliphatic carbocycles. The topological polar surface area (TPSA) is 102 Å². The standard InChI is InChI=1S/C16H11N3O5S.C2H6/c1-18-13-14(10-6-2-3-7-11(10)25(18,22)23)24-16(21)19(15(13)20)12-8-4-5-9-17-12;1-2/h2-9H,1H3;1-2H3. The van der Waals surface area contributed by atoms with E-state index in [0.717, 1.165) is 4.31 Å². The smallest absolute Gasteiger partial charge is 0.406 e. The van der Waals surface area contributed by atoms with Crippen molar-refractivity contribution in [3.63, 3.8) is 0 Å². The number of sulfonamides is 1. The Morgan fingerprint density at radius 3 is 2.33 bits per heavy atom. The Balaban J connectivity index is 0.00000102. The van der Waals surface area contributed by atoms with E-state index in [9.17, 15) is 18.0 Å². The number of anilines is 1. The summed E-state index contributed by atoms with van der Waals surface area (Å²) in [5.41, 5.74) is -0.868. The number of nitrogens with zero attached hydrogens (tertiary/aromatic N) is 3. The molecule has 0 unspecified atom stereocenters. The molecule has 0 atom stereocenters. The van der Waals surface area contributed by atoms with Gasteiger partial charge in [-0.05, 0) is 24.3 Å². The van der Waals surface area contributed by atoms with E-state index in [2.05, 4.69) is 4.98 Å². The predicted octanol–water partition coefficient (Wildman–Crippen LogP) is 2.02. The molecule has 2 aromatic heterocycles. The van der Waals surface area contributed by atoms with Crippen molar-refractivity contribution in [2.75, 3.05) is 11.4 Å². The van der Waals surface area contributed by atoms with Crippen LogP contribution >= 0.6 is 0 Å². The van der Waals surface area contributed by atoms with E-state index in [1.165, 1.54) is 31.4 Å². The molecule has 0 amide bonds. The van der Waals surface area contributed by atoms with Crippen LogP contribution in [0, 0.1) is 0 Å². The zero-order valence-corrected chi connectivity index (χ0v) is 15.7. The van der Waals surface area contributed by atoms with Crippen molar-refractivity contribution in [1.29, 1.82) is 0 Å². The lowest BCUT2D eigenvalue weighted by atomic mass is 10.1. The molecular formula is C18H17N3O5S. The van der Waals surface area contributed by atoms with Gasteiger partial charge in [-0.25, -0.2) is 18.2 Å². The molecule has 4 rings (SSSR count). The minimum absolute atomic E-state index is 0.0249. The lowest BCUT2D eigenvalue weighted by Gasteiger charge is -2.26. The molecule has 1 aliphatic rings. The highest BCUT2D eigenvalue weighted by Crippen LogP contribution is 2.39. The van der Waals surface area contributed by atoms with Gasteiger partial charge in [0.25, 0.3) is 15.6 Å². The van der Waals surface area contributed by atoms with Crippen molar-refractivity contribution in [3.05, 3.63) is 69.6 Å². The van der Waals surface area contributed by atoms with Crippen molar-refractivity contribution in [3.8, 4) is 17.1 Å². The lowest BCUT2D eigenvalue weighted by molar-refractivity contribution is 0.468. The second-order valence-electron chi connectivity index (χ2n) is 5.34.